The molecule has 0 saturated heterocycles. The lowest BCUT2D eigenvalue weighted by atomic mass is 9.87. The largest absolute Gasteiger partial charge is 0.325 e. The van der Waals surface area contributed by atoms with E-state index in [1.165, 1.54) is 11.1 Å². The maximum absolute atomic E-state index is 6.43. The van der Waals surface area contributed by atoms with Gasteiger partial charge in [0.05, 0.1) is 0 Å². The van der Waals surface area contributed by atoms with Gasteiger partial charge in [-0.05, 0) is 49.4 Å². The maximum atomic E-state index is 6.43. The minimum absolute atomic E-state index is 0.291. The number of halogens is 1. The first kappa shape index (κ1) is 14.1. The van der Waals surface area contributed by atoms with Crippen LogP contribution in [0.1, 0.15) is 23.6 Å². The van der Waals surface area contributed by atoms with Gasteiger partial charge < -0.3 is 5.73 Å². The summed E-state index contributed by atoms with van der Waals surface area (Å²) in [6.07, 6.45) is 1.62. The van der Waals surface area contributed by atoms with Crippen LogP contribution in [0.15, 0.2) is 48.5 Å². The lowest BCUT2D eigenvalue weighted by molar-refractivity contribution is 0.463. The summed E-state index contributed by atoms with van der Waals surface area (Å²) in [5, 5.41) is 0.810. The van der Waals surface area contributed by atoms with Crippen molar-refractivity contribution in [2.75, 3.05) is 0 Å². The molecule has 0 bridgehead atoms. The molecule has 1 unspecified atom stereocenters. The van der Waals surface area contributed by atoms with Crippen molar-refractivity contribution in [2.45, 2.75) is 32.2 Å². The van der Waals surface area contributed by atoms with Crippen molar-refractivity contribution in [1.82, 2.24) is 0 Å². The minimum atomic E-state index is -0.291. The van der Waals surface area contributed by atoms with Crippen molar-refractivity contribution < 1.29 is 0 Å². The standard InChI is InChI=1S/C17H20ClN/c1-13-8-9-15(16(18)10-13)12-17(2,19)11-14-6-4-3-5-7-14/h3-10H,11-12,19H2,1-2H3. The molecule has 0 aliphatic rings. The van der Waals surface area contributed by atoms with Crippen molar-refractivity contribution in [1.29, 1.82) is 0 Å². The normalized spacial score (nSPS) is 14.1. The van der Waals surface area contributed by atoms with E-state index in [0.717, 1.165) is 23.4 Å². The smallest absolute Gasteiger partial charge is 0.0441 e. The molecule has 19 heavy (non-hydrogen) atoms. The second kappa shape index (κ2) is 5.77. The van der Waals surface area contributed by atoms with E-state index < -0.39 is 0 Å². The highest BCUT2D eigenvalue weighted by molar-refractivity contribution is 6.31. The van der Waals surface area contributed by atoms with Crippen molar-refractivity contribution in [2.24, 2.45) is 5.73 Å². The molecule has 2 N–H and O–H groups in total. The predicted molar refractivity (Wildman–Crippen MR) is 82.6 cm³/mol. The highest BCUT2D eigenvalue weighted by Gasteiger charge is 2.20. The fourth-order valence-electron chi connectivity index (χ4n) is 2.36. The summed E-state index contributed by atoms with van der Waals surface area (Å²) < 4.78 is 0. The van der Waals surface area contributed by atoms with Gasteiger partial charge in [0.15, 0.2) is 0 Å². The number of rotatable bonds is 4. The Morgan fingerprint density at radius 2 is 1.74 bits per heavy atom. The minimum Gasteiger partial charge on any atom is -0.325 e. The third-order valence-corrected chi connectivity index (χ3v) is 3.61. The van der Waals surface area contributed by atoms with Crippen molar-refractivity contribution >= 4 is 11.6 Å². The van der Waals surface area contributed by atoms with E-state index in [4.69, 9.17) is 17.3 Å². The molecule has 0 aliphatic heterocycles. The zero-order chi connectivity index (χ0) is 13.9. The first-order chi connectivity index (χ1) is 8.96. The van der Waals surface area contributed by atoms with Gasteiger partial charge in [0.25, 0.3) is 0 Å². The van der Waals surface area contributed by atoms with Gasteiger partial charge in [-0.1, -0.05) is 54.1 Å². The molecule has 0 radical (unpaired) electrons. The van der Waals surface area contributed by atoms with Crippen molar-refractivity contribution in [3.8, 4) is 0 Å². The Labute approximate surface area is 120 Å². The van der Waals surface area contributed by atoms with Gasteiger partial charge >= 0.3 is 0 Å². The maximum Gasteiger partial charge on any atom is 0.0441 e. The average molecular weight is 274 g/mol. The third-order valence-electron chi connectivity index (χ3n) is 3.25. The van der Waals surface area contributed by atoms with Crippen LogP contribution in [-0.4, -0.2) is 5.54 Å². The molecule has 1 nitrogen and oxygen atoms in total. The molecule has 2 heteroatoms. The highest BCUT2D eigenvalue weighted by Crippen LogP contribution is 2.23. The van der Waals surface area contributed by atoms with Crippen LogP contribution in [0.4, 0.5) is 0 Å². The second-order valence-corrected chi connectivity index (χ2v) is 6.00. The zero-order valence-electron chi connectivity index (χ0n) is 11.5. The Kier molecular flexibility index (Phi) is 4.28. The predicted octanol–water partition coefficient (Wildman–Crippen LogP) is 4.15. The molecule has 0 heterocycles. The van der Waals surface area contributed by atoms with E-state index in [-0.39, 0.29) is 5.54 Å². The Morgan fingerprint density at radius 1 is 1.05 bits per heavy atom. The first-order valence-corrected chi connectivity index (χ1v) is 6.92. The molecule has 2 rings (SSSR count). The number of hydrogen-bond donors (Lipinski definition) is 1. The van der Waals surface area contributed by atoms with E-state index in [9.17, 15) is 0 Å². The molecule has 0 fully saturated rings. The average Bonchev–Trinajstić information content (AvgIpc) is 2.33. The second-order valence-electron chi connectivity index (χ2n) is 5.59. The topological polar surface area (TPSA) is 26.0 Å². The van der Waals surface area contributed by atoms with Crippen molar-refractivity contribution in [3.63, 3.8) is 0 Å². The van der Waals surface area contributed by atoms with E-state index in [1.54, 1.807) is 0 Å². The molecule has 0 saturated carbocycles. The van der Waals surface area contributed by atoms with Gasteiger partial charge in [-0.3, -0.25) is 0 Å². The highest BCUT2D eigenvalue weighted by atomic mass is 35.5. The zero-order valence-corrected chi connectivity index (χ0v) is 12.2. The molecule has 100 valence electrons. The van der Waals surface area contributed by atoms with Gasteiger partial charge in [-0.2, -0.15) is 0 Å². The van der Waals surface area contributed by atoms with Crippen LogP contribution in [0.5, 0.6) is 0 Å². The van der Waals surface area contributed by atoms with E-state index in [2.05, 4.69) is 31.2 Å². The van der Waals surface area contributed by atoms with Crippen LogP contribution in [0.3, 0.4) is 0 Å². The molecule has 2 aromatic carbocycles. The van der Waals surface area contributed by atoms with E-state index >= 15 is 0 Å². The lowest BCUT2D eigenvalue weighted by Gasteiger charge is -2.25. The van der Waals surface area contributed by atoms with E-state index in [1.807, 2.05) is 31.2 Å². The molecule has 0 amide bonds. The summed E-state index contributed by atoms with van der Waals surface area (Å²) in [5.74, 6) is 0. The number of aryl methyl sites for hydroxylation is 1. The molecule has 0 spiro atoms. The molecular weight excluding hydrogens is 254 g/mol. The van der Waals surface area contributed by atoms with E-state index in [0.29, 0.717) is 0 Å². The van der Waals surface area contributed by atoms with Crippen molar-refractivity contribution in [3.05, 3.63) is 70.2 Å². The Morgan fingerprint density at radius 3 is 2.37 bits per heavy atom. The molecule has 2 aromatic rings. The van der Waals surface area contributed by atoms with Crippen LogP contribution >= 0.6 is 11.6 Å². The summed E-state index contributed by atoms with van der Waals surface area (Å²) in [5.41, 5.74) is 9.69. The molecular formula is C17H20ClN. The summed E-state index contributed by atoms with van der Waals surface area (Å²) in [6, 6.07) is 16.5. The van der Waals surface area contributed by atoms with Gasteiger partial charge in [0.2, 0.25) is 0 Å². The van der Waals surface area contributed by atoms with Gasteiger partial charge in [0, 0.05) is 10.6 Å². The van der Waals surface area contributed by atoms with Crippen LogP contribution in [0.25, 0.3) is 0 Å². The van der Waals surface area contributed by atoms with Gasteiger partial charge in [0.1, 0.15) is 0 Å². The molecule has 1 atom stereocenters. The van der Waals surface area contributed by atoms with Gasteiger partial charge in [-0.15, -0.1) is 0 Å². The lowest BCUT2D eigenvalue weighted by Crippen LogP contribution is -2.41. The summed E-state index contributed by atoms with van der Waals surface area (Å²) in [7, 11) is 0. The van der Waals surface area contributed by atoms with Crippen LogP contribution in [0.2, 0.25) is 5.02 Å². The first-order valence-electron chi connectivity index (χ1n) is 6.54. The number of hydrogen-bond acceptors (Lipinski definition) is 1. The van der Waals surface area contributed by atoms with Crippen LogP contribution < -0.4 is 5.73 Å². The summed E-state index contributed by atoms with van der Waals surface area (Å²) in [4.78, 5) is 0. The Bertz CT molecular complexity index is 546. The number of nitrogens with two attached hydrogens (primary N) is 1. The third kappa shape index (κ3) is 4.09. The van der Waals surface area contributed by atoms with Gasteiger partial charge in [-0.25, -0.2) is 0 Å². The number of benzene rings is 2. The SMILES string of the molecule is Cc1ccc(CC(C)(N)Cc2ccccc2)c(Cl)c1. The van der Waals surface area contributed by atoms with Crippen LogP contribution in [-0.2, 0) is 12.8 Å². The summed E-state index contributed by atoms with van der Waals surface area (Å²) >= 11 is 6.28. The Balaban J connectivity index is 2.12. The van der Waals surface area contributed by atoms with Crippen LogP contribution in [0, 0.1) is 6.92 Å². The Hall–Kier alpha value is -1.31. The summed E-state index contributed by atoms with van der Waals surface area (Å²) in [6.45, 7) is 4.12. The quantitative estimate of drug-likeness (QED) is 0.890. The fourth-order valence-corrected chi connectivity index (χ4v) is 2.66. The molecule has 0 aliphatic carbocycles. The molecule has 0 aromatic heterocycles. The fraction of sp³-hybridized carbons (Fsp3) is 0.294. The monoisotopic (exact) mass is 273 g/mol.